The Labute approximate surface area is 184 Å². The zero-order chi connectivity index (χ0) is 21.8. The molecule has 2 aromatic carbocycles. The molecule has 1 atom stereocenters. The molecule has 0 saturated carbocycles. The number of hydrogen-bond donors (Lipinski definition) is 1. The molecule has 31 heavy (non-hydrogen) atoms. The average molecular weight is 438 g/mol. The first-order valence-electron chi connectivity index (χ1n) is 10.4. The number of carbonyl (C=O) groups is 2. The first-order valence-corrected chi connectivity index (χ1v) is 11.2. The fourth-order valence-electron chi connectivity index (χ4n) is 3.92. The van der Waals surface area contributed by atoms with Crippen LogP contribution in [0, 0.1) is 12.7 Å². The van der Waals surface area contributed by atoms with Gasteiger partial charge < -0.3 is 10.2 Å². The molecular weight excluding hydrogens is 413 g/mol. The first kappa shape index (κ1) is 21.2. The van der Waals surface area contributed by atoms with E-state index in [2.05, 4.69) is 10.3 Å². The van der Waals surface area contributed by atoms with Crippen LogP contribution >= 0.6 is 11.3 Å². The van der Waals surface area contributed by atoms with Crippen molar-refractivity contribution >= 4 is 23.2 Å². The van der Waals surface area contributed by atoms with E-state index in [0.717, 1.165) is 34.7 Å². The molecule has 1 N–H and O–H groups in total. The number of aromatic nitrogens is 1. The predicted molar refractivity (Wildman–Crippen MR) is 120 cm³/mol. The molecule has 1 fully saturated rings. The summed E-state index contributed by atoms with van der Waals surface area (Å²) in [6.07, 6.45) is 2.72. The van der Waals surface area contributed by atoms with E-state index in [1.165, 1.54) is 29.5 Å². The van der Waals surface area contributed by atoms with Crippen molar-refractivity contribution in [1.29, 1.82) is 0 Å². The molecule has 160 valence electrons. The Kier molecular flexibility index (Phi) is 6.42. The van der Waals surface area contributed by atoms with Gasteiger partial charge >= 0.3 is 0 Å². The topological polar surface area (TPSA) is 62.3 Å². The highest BCUT2D eigenvalue weighted by atomic mass is 32.1. The lowest BCUT2D eigenvalue weighted by Crippen LogP contribution is -2.49. The third-order valence-electron chi connectivity index (χ3n) is 5.45. The minimum absolute atomic E-state index is 0.104. The lowest BCUT2D eigenvalue weighted by molar-refractivity contribution is 0.0598. The van der Waals surface area contributed by atoms with Gasteiger partial charge in [-0.05, 0) is 49.9 Å². The standard InChI is InChI=1S/C24H24FN3O2S/c1-16-27-21(22(31-16)17-8-3-2-4-9-17)24(30)28-13-6-5-12-20(28)15-26-23(29)18-10-7-11-19(25)14-18/h2-4,7-11,14,20H,5-6,12-13,15H2,1H3,(H,26,29). The van der Waals surface area contributed by atoms with Gasteiger partial charge in [0.2, 0.25) is 0 Å². The van der Waals surface area contributed by atoms with E-state index in [9.17, 15) is 14.0 Å². The highest BCUT2D eigenvalue weighted by Gasteiger charge is 2.31. The van der Waals surface area contributed by atoms with Gasteiger partial charge in [-0.25, -0.2) is 9.37 Å². The van der Waals surface area contributed by atoms with Gasteiger partial charge in [0.15, 0.2) is 0 Å². The minimum Gasteiger partial charge on any atom is -0.350 e. The molecule has 4 rings (SSSR count). The van der Waals surface area contributed by atoms with Crippen molar-refractivity contribution in [2.24, 2.45) is 0 Å². The SMILES string of the molecule is Cc1nc(C(=O)N2CCCCC2CNC(=O)c2cccc(F)c2)c(-c2ccccc2)s1. The summed E-state index contributed by atoms with van der Waals surface area (Å²) in [5.74, 6) is -0.894. The number of aryl methyl sites for hydroxylation is 1. The zero-order valence-corrected chi connectivity index (χ0v) is 18.1. The second-order valence-corrected chi connectivity index (χ2v) is 8.85. The second-order valence-electron chi connectivity index (χ2n) is 7.65. The molecule has 1 unspecified atom stereocenters. The molecule has 1 aliphatic heterocycles. The molecule has 2 heterocycles. The van der Waals surface area contributed by atoms with Crippen LogP contribution in [0.1, 0.15) is 45.1 Å². The van der Waals surface area contributed by atoms with Gasteiger partial charge in [-0.2, -0.15) is 0 Å². The normalized spacial score (nSPS) is 16.2. The van der Waals surface area contributed by atoms with Crippen molar-refractivity contribution in [3.8, 4) is 10.4 Å². The number of likely N-dealkylation sites (tertiary alicyclic amines) is 1. The van der Waals surface area contributed by atoms with E-state index in [1.54, 1.807) is 6.07 Å². The number of nitrogens with one attached hydrogen (secondary N) is 1. The Hall–Kier alpha value is -3.06. The summed E-state index contributed by atoms with van der Waals surface area (Å²) >= 11 is 1.51. The number of amides is 2. The zero-order valence-electron chi connectivity index (χ0n) is 17.3. The molecule has 1 aromatic heterocycles. The fraction of sp³-hybridized carbons (Fsp3) is 0.292. The Morgan fingerprint density at radius 3 is 2.74 bits per heavy atom. The van der Waals surface area contributed by atoms with E-state index in [-0.39, 0.29) is 23.4 Å². The molecule has 0 aliphatic carbocycles. The maximum atomic E-state index is 13.5. The van der Waals surface area contributed by atoms with Gasteiger partial charge in [0.05, 0.1) is 9.88 Å². The quantitative estimate of drug-likeness (QED) is 0.630. The Morgan fingerprint density at radius 1 is 1.16 bits per heavy atom. The van der Waals surface area contributed by atoms with Crippen LogP contribution in [-0.2, 0) is 0 Å². The van der Waals surface area contributed by atoms with Gasteiger partial charge in [-0.3, -0.25) is 9.59 Å². The summed E-state index contributed by atoms with van der Waals surface area (Å²) in [4.78, 5) is 33.2. The molecule has 3 aromatic rings. The van der Waals surface area contributed by atoms with E-state index in [0.29, 0.717) is 18.8 Å². The van der Waals surface area contributed by atoms with Crippen molar-refractivity contribution < 1.29 is 14.0 Å². The third kappa shape index (κ3) is 4.82. The summed E-state index contributed by atoms with van der Waals surface area (Å²) in [6, 6.07) is 15.3. The van der Waals surface area contributed by atoms with Crippen LogP contribution in [0.15, 0.2) is 54.6 Å². The van der Waals surface area contributed by atoms with Crippen molar-refractivity contribution in [2.45, 2.75) is 32.2 Å². The Balaban J connectivity index is 1.51. The molecular formula is C24H24FN3O2S. The maximum Gasteiger partial charge on any atom is 0.274 e. The van der Waals surface area contributed by atoms with Gasteiger partial charge in [-0.15, -0.1) is 11.3 Å². The number of rotatable bonds is 5. The van der Waals surface area contributed by atoms with E-state index >= 15 is 0 Å². The summed E-state index contributed by atoms with van der Waals surface area (Å²) in [6.45, 7) is 2.86. The molecule has 7 heteroatoms. The molecule has 1 saturated heterocycles. The molecule has 2 amide bonds. The fourth-order valence-corrected chi connectivity index (χ4v) is 4.83. The first-order chi connectivity index (χ1) is 15.0. The summed E-state index contributed by atoms with van der Waals surface area (Å²) in [7, 11) is 0. The highest BCUT2D eigenvalue weighted by molar-refractivity contribution is 7.15. The molecule has 0 bridgehead atoms. The summed E-state index contributed by atoms with van der Waals surface area (Å²) in [5.41, 5.74) is 1.72. The third-order valence-corrected chi connectivity index (χ3v) is 6.47. The van der Waals surface area contributed by atoms with Crippen molar-refractivity contribution in [1.82, 2.24) is 15.2 Å². The van der Waals surface area contributed by atoms with Gasteiger partial charge in [0.1, 0.15) is 11.5 Å². The lowest BCUT2D eigenvalue weighted by atomic mass is 10.0. The Morgan fingerprint density at radius 2 is 1.97 bits per heavy atom. The largest absolute Gasteiger partial charge is 0.350 e. The summed E-state index contributed by atoms with van der Waals surface area (Å²) in [5, 5.41) is 3.71. The van der Waals surface area contributed by atoms with E-state index in [4.69, 9.17) is 0 Å². The number of thiazole rings is 1. The van der Waals surface area contributed by atoms with Crippen molar-refractivity contribution in [3.63, 3.8) is 0 Å². The van der Waals surface area contributed by atoms with Crippen molar-refractivity contribution in [3.05, 3.63) is 76.7 Å². The molecule has 1 aliphatic rings. The number of carbonyl (C=O) groups excluding carboxylic acids is 2. The van der Waals surface area contributed by atoms with Crippen LogP contribution in [0.3, 0.4) is 0 Å². The maximum absolute atomic E-state index is 13.5. The second kappa shape index (κ2) is 9.39. The smallest absolute Gasteiger partial charge is 0.274 e. The van der Waals surface area contributed by atoms with Crippen LogP contribution in [0.25, 0.3) is 10.4 Å². The Bertz CT molecular complexity index is 1080. The van der Waals surface area contributed by atoms with E-state index < -0.39 is 5.82 Å². The van der Waals surface area contributed by atoms with Crippen LogP contribution < -0.4 is 5.32 Å². The lowest BCUT2D eigenvalue weighted by Gasteiger charge is -2.35. The number of piperidine rings is 1. The number of benzene rings is 2. The van der Waals surface area contributed by atoms with Crippen molar-refractivity contribution in [2.75, 3.05) is 13.1 Å². The van der Waals surface area contributed by atoms with Gasteiger partial charge in [-0.1, -0.05) is 36.4 Å². The van der Waals surface area contributed by atoms with Crippen LogP contribution in [0.2, 0.25) is 0 Å². The highest BCUT2D eigenvalue weighted by Crippen LogP contribution is 2.32. The monoisotopic (exact) mass is 437 g/mol. The van der Waals surface area contributed by atoms with Gasteiger partial charge in [0.25, 0.3) is 11.8 Å². The number of halogens is 1. The number of hydrogen-bond acceptors (Lipinski definition) is 4. The predicted octanol–water partition coefficient (Wildman–Crippen LogP) is 4.68. The van der Waals surface area contributed by atoms with E-state index in [1.807, 2.05) is 42.2 Å². The van der Waals surface area contributed by atoms with Gasteiger partial charge in [0, 0.05) is 24.7 Å². The minimum atomic E-state index is -0.450. The summed E-state index contributed by atoms with van der Waals surface area (Å²) < 4.78 is 13.4. The molecule has 5 nitrogen and oxygen atoms in total. The molecule has 0 radical (unpaired) electrons. The average Bonchev–Trinajstić information content (AvgIpc) is 3.19. The van der Waals surface area contributed by atoms with Crippen LogP contribution in [-0.4, -0.2) is 40.8 Å². The van der Waals surface area contributed by atoms with Crippen LogP contribution in [0.4, 0.5) is 4.39 Å². The number of nitrogens with zero attached hydrogens (tertiary/aromatic N) is 2. The molecule has 0 spiro atoms. The van der Waals surface area contributed by atoms with Crippen LogP contribution in [0.5, 0.6) is 0 Å².